The number of hydrogen-bond donors (Lipinski definition) is 0. The first-order valence-electron chi connectivity index (χ1n) is 6.86. The van der Waals surface area contributed by atoms with E-state index < -0.39 is 4.92 Å². The van der Waals surface area contributed by atoms with Crippen molar-refractivity contribution in [1.29, 1.82) is 5.26 Å². The minimum atomic E-state index is -0.483. The number of nitriles is 1. The zero-order valence-corrected chi connectivity index (χ0v) is 11.4. The topological polar surface area (TPSA) is 66.9 Å². The fourth-order valence-electron chi connectivity index (χ4n) is 2.09. The van der Waals surface area contributed by atoms with E-state index in [2.05, 4.69) is 6.92 Å². The quantitative estimate of drug-likeness (QED) is 0.396. The number of unbranched alkanes of at least 4 members (excludes halogenated alkanes) is 5. The molecular formula is C15H20N2O2. The molecule has 1 rings (SSSR count). The summed E-state index contributed by atoms with van der Waals surface area (Å²) in [6.07, 6.45) is 8.07. The lowest BCUT2D eigenvalue weighted by Crippen LogP contribution is -1.95. The van der Waals surface area contributed by atoms with Crippen molar-refractivity contribution in [3.63, 3.8) is 0 Å². The van der Waals surface area contributed by atoms with E-state index in [0.29, 0.717) is 0 Å². The number of hydrogen-bond acceptors (Lipinski definition) is 3. The van der Waals surface area contributed by atoms with Gasteiger partial charge in [-0.1, -0.05) is 45.1 Å². The number of aryl methyl sites for hydroxylation is 1. The van der Waals surface area contributed by atoms with Crippen LogP contribution in [0.2, 0.25) is 0 Å². The van der Waals surface area contributed by atoms with Gasteiger partial charge in [0.25, 0.3) is 5.69 Å². The highest BCUT2D eigenvalue weighted by atomic mass is 16.6. The van der Waals surface area contributed by atoms with Gasteiger partial charge in [0, 0.05) is 6.07 Å². The van der Waals surface area contributed by atoms with Crippen LogP contribution < -0.4 is 0 Å². The monoisotopic (exact) mass is 260 g/mol. The molecule has 1 aromatic rings. The maximum Gasteiger partial charge on any atom is 0.287 e. The van der Waals surface area contributed by atoms with Crippen molar-refractivity contribution in [3.8, 4) is 6.07 Å². The first-order chi connectivity index (χ1) is 9.19. The fourth-order valence-corrected chi connectivity index (χ4v) is 2.09. The van der Waals surface area contributed by atoms with Gasteiger partial charge in [-0.25, -0.2) is 0 Å². The van der Waals surface area contributed by atoms with Gasteiger partial charge in [-0.15, -0.1) is 0 Å². The maximum absolute atomic E-state index is 10.8. The fraction of sp³-hybridized carbons (Fsp3) is 0.533. The molecule has 0 fully saturated rings. The molecule has 0 atom stereocenters. The molecule has 0 heterocycles. The van der Waals surface area contributed by atoms with E-state index in [0.717, 1.165) is 24.8 Å². The molecule has 0 radical (unpaired) electrons. The van der Waals surface area contributed by atoms with E-state index in [-0.39, 0.29) is 11.3 Å². The van der Waals surface area contributed by atoms with E-state index in [1.54, 1.807) is 6.07 Å². The van der Waals surface area contributed by atoms with Crippen LogP contribution in [0.25, 0.3) is 0 Å². The van der Waals surface area contributed by atoms with E-state index in [9.17, 15) is 10.1 Å². The predicted molar refractivity (Wildman–Crippen MR) is 74.9 cm³/mol. The highest BCUT2D eigenvalue weighted by molar-refractivity contribution is 5.50. The molecular weight excluding hydrogens is 240 g/mol. The lowest BCUT2D eigenvalue weighted by Gasteiger charge is -2.03. The Labute approximate surface area is 114 Å². The van der Waals surface area contributed by atoms with Gasteiger partial charge >= 0.3 is 0 Å². The third-order valence-corrected chi connectivity index (χ3v) is 3.20. The van der Waals surface area contributed by atoms with Gasteiger partial charge in [0.2, 0.25) is 0 Å². The molecule has 4 nitrogen and oxygen atoms in total. The first kappa shape index (κ1) is 15.2. The molecule has 0 aliphatic carbocycles. The van der Waals surface area contributed by atoms with Crippen LogP contribution in [0.3, 0.4) is 0 Å². The number of nitrogens with zero attached hydrogens (tertiary/aromatic N) is 2. The van der Waals surface area contributed by atoms with E-state index >= 15 is 0 Å². The Bertz CT molecular complexity index is 464. The lowest BCUT2D eigenvalue weighted by atomic mass is 10.0. The summed E-state index contributed by atoms with van der Waals surface area (Å²) in [7, 11) is 0. The normalized spacial score (nSPS) is 10.1. The third kappa shape index (κ3) is 5.09. The van der Waals surface area contributed by atoms with Gasteiger partial charge in [0.1, 0.15) is 11.6 Å². The zero-order valence-electron chi connectivity index (χ0n) is 11.4. The van der Waals surface area contributed by atoms with E-state index in [1.165, 1.54) is 31.7 Å². The molecule has 0 spiro atoms. The molecule has 0 aliphatic rings. The molecule has 0 saturated heterocycles. The van der Waals surface area contributed by atoms with Crippen LogP contribution in [0, 0.1) is 21.4 Å². The van der Waals surface area contributed by atoms with Crippen molar-refractivity contribution < 1.29 is 4.92 Å². The number of rotatable bonds is 8. The van der Waals surface area contributed by atoms with Crippen LogP contribution in [0.5, 0.6) is 0 Å². The Morgan fingerprint density at radius 1 is 1.21 bits per heavy atom. The van der Waals surface area contributed by atoms with Crippen molar-refractivity contribution in [3.05, 3.63) is 39.4 Å². The van der Waals surface area contributed by atoms with Gasteiger partial charge in [0.05, 0.1) is 4.92 Å². The van der Waals surface area contributed by atoms with Crippen molar-refractivity contribution in [2.45, 2.75) is 51.9 Å². The van der Waals surface area contributed by atoms with Gasteiger partial charge in [0.15, 0.2) is 0 Å². The highest BCUT2D eigenvalue weighted by Gasteiger charge is 2.13. The van der Waals surface area contributed by atoms with Gasteiger partial charge < -0.3 is 0 Å². The van der Waals surface area contributed by atoms with Crippen LogP contribution in [-0.4, -0.2) is 4.92 Å². The summed E-state index contributed by atoms with van der Waals surface area (Å²) in [5, 5.41) is 19.6. The summed E-state index contributed by atoms with van der Waals surface area (Å²) in [6.45, 7) is 2.19. The van der Waals surface area contributed by atoms with Crippen molar-refractivity contribution in [2.75, 3.05) is 0 Å². The smallest absolute Gasteiger partial charge is 0.258 e. The number of nitro benzene ring substituents is 1. The minimum absolute atomic E-state index is 0.0778. The van der Waals surface area contributed by atoms with E-state index in [4.69, 9.17) is 5.26 Å². The molecule has 4 heteroatoms. The van der Waals surface area contributed by atoms with Crippen molar-refractivity contribution >= 4 is 5.69 Å². The molecule has 0 bridgehead atoms. The van der Waals surface area contributed by atoms with Crippen LogP contribution in [-0.2, 0) is 6.42 Å². The summed E-state index contributed by atoms with van der Waals surface area (Å²) in [5.41, 5.74) is 1.00. The SMILES string of the molecule is CCCCCCCCc1ccc(C#N)c([N+](=O)[O-])c1. The maximum atomic E-state index is 10.8. The van der Waals surface area contributed by atoms with Gasteiger partial charge in [-0.05, 0) is 24.5 Å². The van der Waals surface area contributed by atoms with Gasteiger partial charge in [-0.2, -0.15) is 5.26 Å². The molecule has 0 aromatic heterocycles. The molecule has 102 valence electrons. The van der Waals surface area contributed by atoms with Crippen LogP contribution in [0.1, 0.15) is 56.6 Å². The summed E-state index contributed by atoms with van der Waals surface area (Å²) in [4.78, 5) is 10.4. The second-order valence-corrected chi connectivity index (χ2v) is 4.74. The van der Waals surface area contributed by atoms with Crippen molar-refractivity contribution in [2.24, 2.45) is 0 Å². The summed E-state index contributed by atoms with van der Waals surface area (Å²) < 4.78 is 0. The zero-order chi connectivity index (χ0) is 14.1. The standard InChI is InChI=1S/C15H20N2O2/c1-2-3-4-5-6-7-8-13-9-10-14(12-16)15(11-13)17(18)19/h9-11H,2-8H2,1H3. The molecule has 0 aliphatic heterocycles. The predicted octanol–water partition coefficient (Wildman–Crippen LogP) is 4.37. The second-order valence-electron chi connectivity index (χ2n) is 4.74. The number of nitro groups is 1. The molecule has 1 aromatic carbocycles. The largest absolute Gasteiger partial charge is 0.287 e. The van der Waals surface area contributed by atoms with Crippen LogP contribution in [0.15, 0.2) is 18.2 Å². The average molecular weight is 260 g/mol. The van der Waals surface area contributed by atoms with Gasteiger partial charge in [-0.3, -0.25) is 10.1 Å². The average Bonchev–Trinajstić information content (AvgIpc) is 2.42. The van der Waals surface area contributed by atoms with E-state index in [1.807, 2.05) is 12.1 Å². The minimum Gasteiger partial charge on any atom is -0.258 e. The summed E-state index contributed by atoms with van der Waals surface area (Å²) in [6, 6.07) is 6.75. The Balaban J connectivity index is 2.49. The first-order valence-corrected chi connectivity index (χ1v) is 6.86. The highest BCUT2D eigenvalue weighted by Crippen LogP contribution is 2.21. The molecule has 19 heavy (non-hydrogen) atoms. The van der Waals surface area contributed by atoms with Crippen LogP contribution >= 0.6 is 0 Å². The Morgan fingerprint density at radius 3 is 2.53 bits per heavy atom. The third-order valence-electron chi connectivity index (χ3n) is 3.20. The second kappa shape index (κ2) is 8.25. The van der Waals surface area contributed by atoms with Crippen molar-refractivity contribution in [1.82, 2.24) is 0 Å². The Morgan fingerprint density at radius 2 is 1.89 bits per heavy atom. The molecule has 0 unspecified atom stereocenters. The Hall–Kier alpha value is -1.89. The number of benzene rings is 1. The Kier molecular flexibility index (Phi) is 6.59. The summed E-state index contributed by atoms with van der Waals surface area (Å²) in [5.74, 6) is 0. The lowest BCUT2D eigenvalue weighted by molar-refractivity contribution is -0.385. The van der Waals surface area contributed by atoms with Crippen LogP contribution in [0.4, 0.5) is 5.69 Å². The molecule has 0 N–H and O–H groups in total. The molecule has 0 saturated carbocycles. The summed E-state index contributed by atoms with van der Waals surface area (Å²) >= 11 is 0. The molecule has 0 amide bonds.